The number of nitrogens with zero attached hydrogens (tertiary/aromatic N) is 2. The largest absolute Gasteiger partial charge is 0.366 e. The lowest BCUT2D eigenvalue weighted by atomic mass is 10.1. The number of aryl methyl sites for hydroxylation is 1. The maximum atomic E-state index is 13.9. The molecular formula is C21H26FN3O. The second kappa shape index (κ2) is 8.70. The molecule has 1 unspecified atom stereocenters. The number of para-hydroxylation sites is 1. The molecule has 4 nitrogen and oxygen atoms in total. The number of hydrogen-bond acceptors (Lipinski definition) is 2. The summed E-state index contributed by atoms with van der Waals surface area (Å²) in [5.41, 5.74) is 1.90. The van der Waals surface area contributed by atoms with E-state index < -0.39 is 0 Å². The Morgan fingerprint density at radius 2 is 1.69 bits per heavy atom. The Kier molecular flexibility index (Phi) is 6.10. The van der Waals surface area contributed by atoms with Crippen molar-refractivity contribution in [3.63, 3.8) is 0 Å². The molecular weight excluding hydrogens is 329 g/mol. The van der Waals surface area contributed by atoms with Crippen molar-refractivity contribution in [2.75, 3.05) is 31.1 Å². The second-order valence-electron chi connectivity index (χ2n) is 6.80. The number of nitrogens with one attached hydrogen (secondary N) is 1. The summed E-state index contributed by atoms with van der Waals surface area (Å²) in [6, 6.07) is 17.2. The van der Waals surface area contributed by atoms with Crippen LogP contribution < -0.4 is 10.2 Å². The van der Waals surface area contributed by atoms with Gasteiger partial charge < -0.3 is 15.1 Å². The number of benzene rings is 2. The van der Waals surface area contributed by atoms with Crippen molar-refractivity contribution >= 4 is 11.7 Å². The summed E-state index contributed by atoms with van der Waals surface area (Å²) in [6.07, 6.45) is 1.86. The van der Waals surface area contributed by atoms with E-state index in [0.717, 1.165) is 12.8 Å². The lowest BCUT2D eigenvalue weighted by molar-refractivity contribution is 0.190. The standard InChI is InChI=1S/C21H26FN3O/c1-17(11-12-18-7-3-2-4-8-18)23-21(26)25-15-13-24(14-16-25)20-10-6-5-9-19(20)22/h2-10,17H,11-16H2,1H3,(H,23,26). The first-order valence-corrected chi connectivity index (χ1v) is 9.22. The number of piperazine rings is 1. The summed E-state index contributed by atoms with van der Waals surface area (Å²) in [5, 5.41) is 3.08. The van der Waals surface area contributed by atoms with Crippen LogP contribution >= 0.6 is 0 Å². The zero-order chi connectivity index (χ0) is 18.4. The summed E-state index contributed by atoms with van der Waals surface area (Å²) >= 11 is 0. The van der Waals surface area contributed by atoms with Crippen LogP contribution in [0.3, 0.4) is 0 Å². The van der Waals surface area contributed by atoms with Crippen LogP contribution in [0.25, 0.3) is 0 Å². The van der Waals surface area contributed by atoms with Gasteiger partial charge >= 0.3 is 6.03 Å². The maximum Gasteiger partial charge on any atom is 0.317 e. The number of urea groups is 1. The molecule has 1 fully saturated rings. The number of carbonyl (C=O) groups excluding carboxylic acids is 1. The van der Waals surface area contributed by atoms with Crippen LogP contribution in [0.4, 0.5) is 14.9 Å². The van der Waals surface area contributed by atoms with E-state index in [1.807, 2.05) is 41.0 Å². The smallest absolute Gasteiger partial charge is 0.317 e. The third-order valence-corrected chi connectivity index (χ3v) is 4.84. The molecule has 0 aromatic heterocycles. The first-order valence-electron chi connectivity index (χ1n) is 9.22. The first-order chi connectivity index (χ1) is 12.6. The molecule has 5 heteroatoms. The minimum atomic E-state index is -0.208. The van der Waals surface area contributed by atoms with Crippen LogP contribution in [0, 0.1) is 5.82 Å². The van der Waals surface area contributed by atoms with Crippen molar-refractivity contribution in [3.05, 3.63) is 66.0 Å². The van der Waals surface area contributed by atoms with Gasteiger partial charge in [0.25, 0.3) is 0 Å². The van der Waals surface area contributed by atoms with Crippen LogP contribution in [0.1, 0.15) is 18.9 Å². The fourth-order valence-corrected chi connectivity index (χ4v) is 3.26. The number of carbonyl (C=O) groups is 1. The van der Waals surface area contributed by atoms with Crippen molar-refractivity contribution in [1.82, 2.24) is 10.2 Å². The molecule has 1 atom stereocenters. The Morgan fingerprint density at radius 1 is 1.04 bits per heavy atom. The molecule has 26 heavy (non-hydrogen) atoms. The van der Waals surface area contributed by atoms with E-state index in [4.69, 9.17) is 0 Å². The summed E-state index contributed by atoms with van der Waals surface area (Å²) in [4.78, 5) is 16.3. The number of rotatable bonds is 5. The summed E-state index contributed by atoms with van der Waals surface area (Å²) in [6.45, 7) is 4.53. The molecule has 1 aliphatic rings. The minimum absolute atomic E-state index is 0.0289. The molecule has 1 saturated heterocycles. The van der Waals surface area contributed by atoms with Gasteiger partial charge in [-0.3, -0.25) is 0 Å². The highest BCUT2D eigenvalue weighted by Gasteiger charge is 2.23. The maximum absolute atomic E-state index is 13.9. The van der Waals surface area contributed by atoms with Crippen LogP contribution in [-0.4, -0.2) is 43.2 Å². The molecule has 0 saturated carbocycles. The zero-order valence-corrected chi connectivity index (χ0v) is 15.2. The molecule has 2 aromatic rings. The van der Waals surface area contributed by atoms with Gasteiger partial charge in [-0.15, -0.1) is 0 Å². The monoisotopic (exact) mass is 355 g/mol. The highest BCUT2D eigenvalue weighted by atomic mass is 19.1. The number of hydrogen-bond donors (Lipinski definition) is 1. The van der Waals surface area contributed by atoms with Gasteiger partial charge in [-0.2, -0.15) is 0 Å². The van der Waals surface area contributed by atoms with Gasteiger partial charge in [0.05, 0.1) is 5.69 Å². The summed E-state index contributed by atoms with van der Waals surface area (Å²) in [7, 11) is 0. The van der Waals surface area contributed by atoms with Gasteiger partial charge in [-0.1, -0.05) is 42.5 Å². The lowest BCUT2D eigenvalue weighted by Gasteiger charge is -2.36. The molecule has 0 spiro atoms. The predicted octanol–water partition coefficient (Wildman–Crippen LogP) is 3.68. The highest BCUT2D eigenvalue weighted by molar-refractivity contribution is 5.74. The van der Waals surface area contributed by atoms with E-state index >= 15 is 0 Å². The van der Waals surface area contributed by atoms with E-state index in [1.165, 1.54) is 11.6 Å². The van der Waals surface area contributed by atoms with Crippen molar-refractivity contribution in [3.8, 4) is 0 Å². The topological polar surface area (TPSA) is 35.6 Å². The van der Waals surface area contributed by atoms with Crippen molar-refractivity contribution < 1.29 is 9.18 Å². The number of anilines is 1. The SMILES string of the molecule is CC(CCc1ccccc1)NC(=O)N1CCN(c2ccccc2F)CC1. The van der Waals surface area contributed by atoms with Crippen molar-refractivity contribution in [1.29, 1.82) is 0 Å². The third-order valence-electron chi connectivity index (χ3n) is 4.84. The molecule has 1 aliphatic heterocycles. The number of amides is 2. The van der Waals surface area contributed by atoms with Crippen LogP contribution in [-0.2, 0) is 6.42 Å². The van der Waals surface area contributed by atoms with E-state index in [1.54, 1.807) is 12.1 Å². The Morgan fingerprint density at radius 3 is 2.38 bits per heavy atom. The van der Waals surface area contributed by atoms with Gasteiger partial charge in [-0.25, -0.2) is 9.18 Å². The highest BCUT2D eigenvalue weighted by Crippen LogP contribution is 2.20. The van der Waals surface area contributed by atoms with Crippen LogP contribution in [0.5, 0.6) is 0 Å². The fraction of sp³-hybridized carbons (Fsp3) is 0.381. The molecule has 0 radical (unpaired) electrons. The molecule has 0 bridgehead atoms. The van der Waals surface area contributed by atoms with Crippen LogP contribution in [0.2, 0.25) is 0 Å². The molecule has 1 N–H and O–H groups in total. The van der Waals surface area contributed by atoms with Gasteiger partial charge in [0, 0.05) is 32.2 Å². The van der Waals surface area contributed by atoms with Gasteiger partial charge in [0.15, 0.2) is 0 Å². The molecule has 1 heterocycles. The van der Waals surface area contributed by atoms with E-state index in [9.17, 15) is 9.18 Å². The Labute approximate surface area is 154 Å². The second-order valence-corrected chi connectivity index (χ2v) is 6.80. The molecule has 138 valence electrons. The van der Waals surface area contributed by atoms with Crippen LogP contribution in [0.15, 0.2) is 54.6 Å². The number of halogens is 1. The van der Waals surface area contributed by atoms with Gasteiger partial charge in [0.1, 0.15) is 5.82 Å². The Bertz CT molecular complexity index is 714. The average Bonchev–Trinajstić information content (AvgIpc) is 2.68. The van der Waals surface area contributed by atoms with Gasteiger partial charge in [0.2, 0.25) is 0 Å². The Balaban J connectivity index is 1.44. The van der Waals surface area contributed by atoms with Crippen molar-refractivity contribution in [2.45, 2.75) is 25.8 Å². The quantitative estimate of drug-likeness (QED) is 0.888. The molecule has 0 aliphatic carbocycles. The minimum Gasteiger partial charge on any atom is -0.366 e. The van der Waals surface area contributed by atoms with E-state index in [2.05, 4.69) is 17.4 Å². The normalized spacial score (nSPS) is 15.6. The zero-order valence-electron chi connectivity index (χ0n) is 15.2. The summed E-state index contributed by atoms with van der Waals surface area (Å²) in [5.74, 6) is -0.208. The summed E-state index contributed by atoms with van der Waals surface area (Å²) < 4.78 is 13.9. The molecule has 2 aromatic carbocycles. The fourth-order valence-electron chi connectivity index (χ4n) is 3.26. The molecule has 2 amide bonds. The molecule has 3 rings (SSSR count). The Hall–Kier alpha value is -2.56. The van der Waals surface area contributed by atoms with Gasteiger partial charge in [-0.05, 0) is 37.5 Å². The predicted molar refractivity (Wildman–Crippen MR) is 103 cm³/mol. The van der Waals surface area contributed by atoms with E-state index in [-0.39, 0.29) is 17.9 Å². The van der Waals surface area contributed by atoms with E-state index in [0.29, 0.717) is 31.9 Å². The average molecular weight is 355 g/mol. The lowest BCUT2D eigenvalue weighted by Crippen LogP contribution is -2.53. The van der Waals surface area contributed by atoms with Crippen molar-refractivity contribution in [2.24, 2.45) is 0 Å². The first kappa shape index (κ1) is 18.2. The third kappa shape index (κ3) is 4.75.